The van der Waals surface area contributed by atoms with E-state index in [2.05, 4.69) is 26.0 Å². The minimum atomic E-state index is -3.56. The lowest BCUT2D eigenvalue weighted by atomic mass is 9.47. The van der Waals surface area contributed by atoms with E-state index in [-0.39, 0.29) is 10.8 Å². The summed E-state index contributed by atoms with van der Waals surface area (Å²) < 4.78 is 30.2. The molecule has 5 rings (SSSR count). The van der Waals surface area contributed by atoms with Gasteiger partial charge in [-0.3, -0.25) is 4.57 Å². The lowest BCUT2D eigenvalue weighted by Gasteiger charge is -2.58. The number of allylic oxidation sites excluding steroid dienone is 4. The Morgan fingerprint density at radius 2 is 1.77 bits per heavy atom. The third-order valence-corrected chi connectivity index (χ3v) is 13.2. The molecule has 1 aromatic carbocycles. The van der Waals surface area contributed by atoms with Gasteiger partial charge in [-0.15, -0.1) is 0 Å². The van der Waals surface area contributed by atoms with Crippen molar-refractivity contribution >= 4 is 13.3 Å². The van der Waals surface area contributed by atoms with Crippen molar-refractivity contribution in [2.45, 2.75) is 70.8 Å². The number of para-hydroxylation sites is 1. The van der Waals surface area contributed by atoms with Gasteiger partial charge in [0.15, 0.2) is 0 Å². The summed E-state index contributed by atoms with van der Waals surface area (Å²) in [6.45, 7) is 4.77. The Balaban J connectivity index is 1.44. The average Bonchev–Trinajstić information content (AvgIpc) is 3.23. The number of anilines is 1. The lowest BCUT2D eigenvalue weighted by Crippen LogP contribution is -2.54. The van der Waals surface area contributed by atoms with E-state index < -0.39 is 13.2 Å². The number of hydrogen-bond acceptors (Lipinski definition) is 6. The van der Waals surface area contributed by atoms with Gasteiger partial charge in [0.05, 0.1) is 18.5 Å². The maximum atomic E-state index is 13.7. The number of hydrogen-bond donors (Lipinski definition) is 1. The molecule has 39 heavy (non-hydrogen) atoms. The highest BCUT2D eigenvalue weighted by Crippen LogP contribution is 2.68. The Labute approximate surface area is 234 Å². The molecule has 4 aliphatic rings. The first kappa shape index (κ1) is 28.7. The topological polar surface area (TPSA) is 68.2 Å². The Bertz CT molecular complexity index is 1200. The van der Waals surface area contributed by atoms with Gasteiger partial charge in [-0.2, -0.15) is 0 Å². The second-order valence-corrected chi connectivity index (χ2v) is 14.7. The number of benzene rings is 1. The summed E-state index contributed by atoms with van der Waals surface area (Å²) in [7, 11) is 2.93. The molecule has 214 valence electrons. The molecule has 7 heteroatoms. The molecule has 1 N–H and O–H groups in total. The molecule has 0 unspecified atom stereocenters. The van der Waals surface area contributed by atoms with Crippen LogP contribution in [0.5, 0.6) is 0 Å². The monoisotopic (exact) mass is 555 g/mol. The molecule has 0 aliphatic heterocycles. The maximum Gasteiger partial charge on any atom is 0.376 e. The number of nitrogens with zero attached hydrogens (tertiary/aromatic N) is 1. The van der Waals surface area contributed by atoms with E-state index in [1.54, 1.807) is 7.11 Å². The predicted octanol–water partition coefficient (Wildman–Crippen LogP) is 7.67. The maximum absolute atomic E-state index is 13.7. The van der Waals surface area contributed by atoms with Gasteiger partial charge < -0.3 is 23.8 Å². The fourth-order valence-corrected chi connectivity index (χ4v) is 9.97. The van der Waals surface area contributed by atoms with E-state index >= 15 is 0 Å². The molecule has 0 bridgehead atoms. The molecule has 0 aromatic heterocycles. The molecule has 0 heterocycles. The zero-order chi connectivity index (χ0) is 28.1. The number of aliphatic hydroxyl groups is 1. The summed E-state index contributed by atoms with van der Waals surface area (Å²) in [6.07, 6.45) is 14.2. The number of ether oxygens (including phenoxy) is 1. The summed E-state index contributed by atoms with van der Waals surface area (Å²) in [5.74, 6) is 2.76. The second-order valence-electron chi connectivity index (χ2n) is 12.6. The van der Waals surface area contributed by atoms with Gasteiger partial charge in [0.1, 0.15) is 5.44 Å². The Kier molecular flexibility index (Phi) is 7.74. The largest absolute Gasteiger partial charge is 0.501 e. The van der Waals surface area contributed by atoms with Crippen LogP contribution in [0.2, 0.25) is 0 Å². The first-order valence-electron chi connectivity index (χ1n) is 14.4. The van der Waals surface area contributed by atoms with Gasteiger partial charge in [-0.05, 0) is 103 Å². The number of rotatable bonds is 8. The van der Waals surface area contributed by atoms with E-state index in [9.17, 15) is 9.67 Å². The van der Waals surface area contributed by atoms with Crippen LogP contribution in [-0.2, 0) is 18.3 Å². The smallest absolute Gasteiger partial charge is 0.376 e. The highest BCUT2D eigenvalue weighted by atomic mass is 31.2. The highest BCUT2D eigenvalue weighted by molar-refractivity contribution is 7.58. The molecule has 0 saturated heterocycles. The summed E-state index contributed by atoms with van der Waals surface area (Å²) in [6, 6.07) is 9.79. The fraction of sp³-hybridized carbons (Fsp3) is 0.625. The van der Waals surface area contributed by atoms with Gasteiger partial charge in [0, 0.05) is 33.4 Å². The normalized spacial score (nSPS) is 36.3. The van der Waals surface area contributed by atoms with Crippen LogP contribution in [0.25, 0.3) is 0 Å². The predicted molar refractivity (Wildman–Crippen MR) is 156 cm³/mol. The first-order chi connectivity index (χ1) is 18.5. The van der Waals surface area contributed by atoms with E-state index in [1.807, 2.05) is 48.4 Å². The molecule has 4 aliphatic carbocycles. The van der Waals surface area contributed by atoms with Crippen LogP contribution in [-0.4, -0.2) is 39.1 Å². The summed E-state index contributed by atoms with van der Waals surface area (Å²) >= 11 is 0. The van der Waals surface area contributed by atoms with Crippen LogP contribution in [0.4, 0.5) is 5.69 Å². The van der Waals surface area contributed by atoms with Gasteiger partial charge in [0.25, 0.3) is 0 Å². The van der Waals surface area contributed by atoms with Crippen molar-refractivity contribution in [3.63, 3.8) is 0 Å². The van der Waals surface area contributed by atoms with Crippen molar-refractivity contribution in [1.29, 1.82) is 0 Å². The fourth-order valence-electron chi connectivity index (χ4n) is 8.64. The molecule has 2 fully saturated rings. The molecule has 0 radical (unpaired) electrons. The van der Waals surface area contributed by atoms with E-state index in [0.717, 1.165) is 56.4 Å². The number of methoxy groups -OCH3 is 1. The zero-order valence-corrected chi connectivity index (χ0v) is 25.4. The standard InChI is InChI=1S/C32H46NO5P/c1-30-18-14-25(36-4)22-23(30)12-13-26-27(30)15-19-31(2)28(26)16-20-32(31,34)21-17-29(39(35,37-5)38-6)33(3)24-10-8-7-9-11-24/h7-12,17,22,26-28,34H,13-16,18-21H2,1-6H3/b29-17-/t26-,27+,28+,30+,31+,32-/m1/s1. The van der Waals surface area contributed by atoms with Crippen molar-refractivity contribution < 1.29 is 23.5 Å². The molecular weight excluding hydrogens is 509 g/mol. The minimum Gasteiger partial charge on any atom is -0.501 e. The quantitative estimate of drug-likeness (QED) is 0.332. The van der Waals surface area contributed by atoms with Gasteiger partial charge in [0.2, 0.25) is 0 Å². The van der Waals surface area contributed by atoms with Crippen molar-refractivity contribution in [3.8, 4) is 0 Å². The third-order valence-electron chi connectivity index (χ3n) is 11.2. The van der Waals surface area contributed by atoms with Crippen LogP contribution in [0.1, 0.15) is 65.2 Å². The Hall–Kier alpha value is -1.85. The SMILES string of the molecule is COC1=CC2=CC[C@@H]3[C@H](CC[C@@]4(C)[C@H]3CC[C@@]4(O)C/C=C(/N(C)c3ccccc3)P(=O)(OC)OC)[C@@]2(C)CC1. The molecule has 0 amide bonds. The van der Waals surface area contributed by atoms with Gasteiger partial charge in [-0.1, -0.05) is 38.1 Å². The van der Waals surface area contributed by atoms with Crippen molar-refractivity contribution in [3.05, 3.63) is 65.3 Å². The van der Waals surface area contributed by atoms with Crippen LogP contribution in [0, 0.1) is 28.6 Å². The van der Waals surface area contributed by atoms with Gasteiger partial charge >= 0.3 is 7.60 Å². The van der Waals surface area contributed by atoms with Crippen LogP contribution >= 0.6 is 7.60 Å². The summed E-state index contributed by atoms with van der Waals surface area (Å²) in [4.78, 5) is 1.86. The third kappa shape index (κ3) is 4.56. The van der Waals surface area contributed by atoms with Crippen molar-refractivity contribution in [1.82, 2.24) is 0 Å². The van der Waals surface area contributed by atoms with Gasteiger partial charge in [-0.25, -0.2) is 0 Å². The molecule has 6 atom stereocenters. The molecule has 1 aromatic rings. The second kappa shape index (κ2) is 10.5. The molecule has 0 spiro atoms. The molecule has 2 saturated carbocycles. The Morgan fingerprint density at radius 1 is 1.08 bits per heavy atom. The average molecular weight is 556 g/mol. The Morgan fingerprint density at radius 3 is 2.44 bits per heavy atom. The number of fused-ring (bicyclic) bond motifs is 5. The van der Waals surface area contributed by atoms with Crippen LogP contribution in [0.3, 0.4) is 0 Å². The molecular formula is C32H46NO5P. The minimum absolute atomic E-state index is 0.183. The zero-order valence-electron chi connectivity index (χ0n) is 24.5. The highest BCUT2D eigenvalue weighted by Gasteiger charge is 2.63. The van der Waals surface area contributed by atoms with E-state index in [1.165, 1.54) is 19.8 Å². The molecule has 6 nitrogen and oxygen atoms in total. The van der Waals surface area contributed by atoms with Crippen LogP contribution < -0.4 is 4.90 Å². The van der Waals surface area contributed by atoms with E-state index in [4.69, 9.17) is 13.8 Å². The summed E-state index contributed by atoms with van der Waals surface area (Å²) in [5.41, 5.74) is 1.91. The van der Waals surface area contributed by atoms with Crippen molar-refractivity contribution in [2.24, 2.45) is 28.6 Å². The van der Waals surface area contributed by atoms with Crippen LogP contribution in [0.15, 0.2) is 65.3 Å². The van der Waals surface area contributed by atoms with Crippen molar-refractivity contribution in [2.75, 3.05) is 33.3 Å². The summed E-state index contributed by atoms with van der Waals surface area (Å²) in [5, 5.41) is 12.3. The first-order valence-corrected chi connectivity index (χ1v) is 16.0. The lowest BCUT2D eigenvalue weighted by molar-refractivity contribution is -0.120. The van der Waals surface area contributed by atoms with E-state index in [0.29, 0.717) is 29.6 Å².